The number of hydrogen-bond donors (Lipinski definition) is 2. The summed E-state index contributed by atoms with van der Waals surface area (Å²) in [4.78, 5) is 11.5. The van der Waals surface area contributed by atoms with Crippen molar-refractivity contribution in [3.05, 3.63) is 24.3 Å². The summed E-state index contributed by atoms with van der Waals surface area (Å²) in [6.45, 7) is -1.56. The van der Waals surface area contributed by atoms with Crippen molar-refractivity contribution in [3.8, 4) is 0 Å². The minimum Gasteiger partial charge on any atom is -0.399 e. The van der Waals surface area contributed by atoms with Crippen molar-refractivity contribution >= 4 is 17.3 Å². The number of anilines is 2. The van der Waals surface area contributed by atoms with Crippen LogP contribution in [-0.4, -0.2) is 31.5 Å². The molecule has 1 aromatic rings. The van der Waals surface area contributed by atoms with E-state index in [4.69, 9.17) is 5.73 Å². The van der Waals surface area contributed by atoms with Crippen molar-refractivity contribution in [2.45, 2.75) is 25.2 Å². The third-order valence-corrected chi connectivity index (χ3v) is 2.48. The van der Waals surface area contributed by atoms with Gasteiger partial charge in [0.15, 0.2) is 0 Å². The van der Waals surface area contributed by atoms with Gasteiger partial charge in [0.2, 0.25) is 5.91 Å². The van der Waals surface area contributed by atoms with Crippen LogP contribution in [0, 0.1) is 0 Å². The maximum Gasteiger partial charge on any atom is 0.330 e. The molecular formula is C13H16F4N2O2. The first-order chi connectivity index (χ1) is 9.81. The molecule has 1 amide bonds. The highest BCUT2D eigenvalue weighted by Gasteiger charge is 2.40. The quantitative estimate of drug-likeness (QED) is 0.441. The van der Waals surface area contributed by atoms with Gasteiger partial charge in [0, 0.05) is 24.4 Å². The van der Waals surface area contributed by atoms with Gasteiger partial charge in [-0.15, -0.1) is 0 Å². The second-order valence-electron chi connectivity index (χ2n) is 4.39. The highest BCUT2D eigenvalue weighted by atomic mass is 19.3. The Hall–Kier alpha value is -1.83. The number of amides is 1. The number of halogens is 4. The smallest absolute Gasteiger partial charge is 0.330 e. The van der Waals surface area contributed by atoms with Crippen molar-refractivity contribution in [2.24, 2.45) is 0 Å². The molecule has 118 valence electrons. The summed E-state index contributed by atoms with van der Waals surface area (Å²) in [5.41, 5.74) is 6.55. The number of rotatable bonds is 8. The minimum atomic E-state index is -4.16. The van der Waals surface area contributed by atoms with Crippen molar-refractivity contribution in [2.75, 3.05) is 24.3 Å². The Balaban J connectivity index is 2.20. The molecule has 0 radical (unpaired) electrons. The molecule has 3 N–H and O–H groups in total. The topological polar surface area (TPSA) is 64.3 Å². The van der Waals surface area contributed by atoms with Crippen LogP contribution in [0.3, 0.4) is 0 Å². The monoisotopic (exact) mass is 308 g/mol. The van der Waals surface area contributed by atoms with Gasteiger partial charge in [-0.2, -0.15) is 8.78 Å². The third kappa shape index (κ3) is 6.44. The van der Waals surface area contributed by atoms with Crippen LogP contribution in [0.1, 0.15) is 12.8 Å². The van der Waals surface area contributed by atoms with Crippen molar-refractivity contribution < 1.29 is 27.1 Å². The van der Waals surface area contributed by atoms with Crippen LogP contribution in [0.5, 0.6) is 0 Å². The van der Waals surface area contributed by atoms with Crippen LogP contribution < -0.4 is 11.1 Å². The van der Waals surface area contributed by atoms with Crippen LogP contribution in [0.4, 0.5) is 28.9 Å². The molecule has 0 aliphatic carbocycles. The summed E-state index contributed by atoms with van der Waals surface area (Å²) in [5.74, 6) is -4.51. The Morgan fingerprint density at radius 2 is 2.10 bits per heavy atom. The standard InChI is InChI=1S/C13H16F4N2O2/c14-12(15)13(16,17)8-21-6-2-5-11(20)19-10-4-1-3-9(18)7-10/h1,3-4,7,12H,2,5-6,8,18H2,(H,19,20). The largest absolute Gasteiger partial charge is 0.399 e. The van der Waals surface area contributed by atoms with Crippen LogP contribution >= 0.6 is 0 Å². The average molecular weight is 308 g/mol. The van der Waals surface area contributed by atoms with E-state index in [-0.39, 0.29) is 25.4 Å². The fourth-order valence-corrected chi connectivity index (χ4v) is 1.45. The Morgan fingerprint density at radius 1 is 1.38 bits per heavy atom. The van der Waals surface area contributed by atoms with E-state index in [0.29, 0.717) is 11.4 Å². The number of alkyl halides is 4. The van der Waals surface area contributed by atoms with E-state index < -0.39 is 19.0 Å². The molecule has 0 saturated carbocycles. The first kappa shape index (κ1) is 17.2. The van der Waals surface area contributed by atoms with E-state index in [2.05, 4.69) is 10.1 Å². The molecule has 0 aliphatic rings. The van der Waals surface area contributed by atoms with Gasteiger partial charge < -0.3 is 15.8 Å². The van der Waals surface area contributed by atoms with E-state index >= 15 is 0 Å². The summed E-state index contributed by atoms with van der Waals surface area (Å²) >= 11 is 0. The molecule has 4 nitrogen and oxygen atoms in total. The number of ether oxygens (including phenoxy) is 1. The number of nitrogens with two attached hydrogens (primary N) is 1. The van der Waals surface area contributed by atoms with E-state index in [1.807, 2.05) is 0 Å². The summed E-state index contributed by atoms with van der Waals surface area (Å²) in [7, 11) is 0. The third-order valence-electron chi connectivity index (χ3n) is 2.48. The molecule has 8 heteroatoms. The maximum absolute atomic E-state index is 12.5. The lowest BCUT2D eigenvalue weighted by Crippen LogP contribution is -2.32. The van der Waals surface area contributed by atoms with Crippen LogP contribution in [-0.2, 0) is 9.53 Å². The summed E-state index contributed by atoms with van der Waals surface area (Å²) < 4.78 is 53.1. The molecule has 0 atom stereocenters. The van der Waals surface area contributed by atoms with E-state index in [9.17, 15) is 22.4 Å². The summed E-state index contributed by atoms with van der Waals surface area (Å²) in [6.07, 6.45) is -3.59. The number of nitrogens with one attached hydrogen (secondary N) is 1. The fourth-order valence-electron chi connectivity index (χ4n) is 1.45. The SMILES string of the molecule is Nc1cccc(NC(=O)CCCOCC(F)(F)C(F)F)c1. The van der Waals surface area contributed by atoms with Crippen LogP contribution in [0.25, 0.3) is 0 Å². The zero-order valence-corrected chi connectivity index (χ0v) is 11.1. The van der Waals surface area contributed by atoms with E-state index in [0.717, 1.165) is 0 Å². The predicted molar refractivity (Wildman–Crippen MR) is 70.5 cm³/mol. The van der Waals surface area contributed by atoms with E-state index in [1.165, 1.54) is 0 Å². The van der Waals surface area contributed by atoms with E-state index in [1.54, 1.807) is 24.3 Å². The molecule has 0 heterocycles. The van der Waals surface area contributed by atoms with Crippen molar-refractivity contribution in [1.82, 2.24) is 0 Å². The number of benzene rings is 1. The zero-order chi connectivity index (χ0) is 15.9. The van der Waals surface area contributed by atoms with Gasteiger partial charge in [-0.3, -0.25) is 4.79 Å². The second kappa shape index (κ2) is 7.82. The van der Waals surface area contributed by atoms with Gasteiger partial charge in [-0.05, 0) is 24.6 Å². The Bertz CT molecular complexity index is 469. The van der Waals surface area contributed by atoms with Crippen LogP contribution in [0.2, 0.25) is 0 Å². The molecule has 0 fully saturated rings. The predicted octanol–water partition coefficient (Wildman–Crippen LogP) is 2.90. The molecular weight excluding hydrogens is 292 g/mol. The number of hydrogen-bond acceptors (Lipinski definition) is 3. The van der Waals surface area contributed by atoms with Gasteiger partial charge in [-0.25, -0.2) is 8.78 Å². The molecule has 1 aromatic carbocycles. The lowest BCUT2D eigenvalue weighted by molar-refractivity contribution is -0.166. The Morgan fingerprint density at radius 3 is 2.71 bits per heavy atom. The first-order valence-corrected chi connectivity index (χ1v) is 6.20. The highest BCUT2D eigenvalue weighted by Crippen LogP contribution is 2.22. The molecule has 0 saturated heterocycles. The van der Waals surface area contributed by atoms with Crippen LogP contribution in [0.15, 0.2) is 24.3 Å². The van der Waals surface area contributed by atoms with Gasteiger partial charge in [0.05, 0.1) is 0 Å². The highest BCUT2D eigenvalue weighted by molar-refractivity contribution is 5.91. The summed E-state index contributed by atoms with van der Waals surface area (Å²) in [6, 6.07) is 6.54. The molecule has 0 spiro atoms. The molecule has 0 bridgehead atoms. The Labute approximate surface area is 119 Å². The minimum absolute atomic E-state index is 0.0229. The normalized spacial score (nSPS) is 11.7. The molecule has 0 aromatic heterocycles. The van der Waals surface area contributed by atoms with Gasteiger partial charge in [0.25, 0.3) is 0 Å². The lowest BCUT2D eigenvalue weighted by Gasteiger charge is -2.14. The molecule has 0 aliphatic heterocycles. The zero-order valence-electron chi connectivity index (χ0n) is 11.1. The lowest BCUT2D eigenvalue weighted by atomic mass is 10.2. The summed E-state index contributed by atoms with van der Waals surface area (Å²) in [5, 5.41) is 2.57. The Kier molecular flexibility index (Phi) is 6.41. The number of carbonyl (C=O) groups is 1. The van der Waals surface area contributed by atoms with Gasteiger partial charge in [0.1, 0.15) is 6.61 Å². The molecule has 0 unspecified atom stereocenters. The second-order valence-corrected chi connectivity index (χ2v) is 4.39. The number of nitrogen functional groups attached to an aromatic ring is 1. The average Bonchev–Trinajstić information content (AvgIpc) is 2.38. The van der Waals surface area contributed by atoms with Gasteiger partial charge in [-0.1, -0.05) is 6.07 Å². The number of carbonyl (C=O) groups excluding carboxylic acids is 1. The molecule has 21 heavy (non-hydrogen) atoms. The molecule has 1 rings (SSSR count). The first-order valence-electron chi connectivity index (χ1n) is 6.20. The fraction of sp³-hybridized carbons (Fsp3) is 0.462. The van der Waals surface area contributed by atoms with Crippen molar-refractivity contribution in [1.29, 1.82) is 0 Å². The van der Waals surface area contributed by atoms with Crippen molar-refractivity contribution in [3.63, 3.8) is 0 Å². The maximum atomic E-state index is 12.5. The van der Waals surface area contributed by atoms with Gasteiger partial charge >= 0.3 is 12.3 Å².